The highest BCUT2D eigenvalue weighted by atomic mass is 16.5. The van der Waals surface area contributed by atoms with Gasteiger partial charge in [0.25, 0.3) is 5.91 Å². The molecule has 192 valence electrons. The van der Waals surface area contributed by atoms with Crippen molar-refractivity contribution in [2.45, 2.75) is 39.0 Å². The topological polar surface area (TPSA) is 97.4 Å². The van der Waals surface area contributed by atoms with Crippen LogP contribution in [0.1, 0.15) is 34.8 Å². The first-order chi connectivity index (χ1) is 17.3. The van der Waals surface area contributed by atoms with Gasteiger partial charge < -0.3 is 29.3 Å². The molecule has 9 heteroatoms. The van der Waals surface area contributed by atoms with Gasteiger partial charge in [0.1, 0.15) is 11.5 Å². The fraction of sp³-hybridized carbons (Fsp3) is 0.444. The van der Waals surface area contributed by atoms with Gasteiger partial charge in [-0.05, 0) is 49.2 Å². The highest BCUT2D eigenvalue weighted by Crippen LogP contribution is 2.28. The van der Waals surface area contributed by atoms with E-state index in [1.54, 1.807) is 24.1 Å². The number of nitrogens with one attached hydrogen (secondary N) is 1. The number of amides is 3. The Morgan fingerprint density at radius 2 is 2.00 bits per heavy atom. The minimum Gasteiger partial charge on any atom is -0.457 e. The molecule has 0 unspecified atom stereocenters. The number of nitrogens with zero attached hydrogens (tertiary/aromatic N) is 2. The van der Waals surface area contributed by atoms with Gasteiger partial charge in [0, 0.05) is 32.3 Å². The number of fused-ring (bicyclic) bond motifs is 5. The molecule has 0 radical (unpaired) electrons. The summed E-state index contributed by atoms with van der Waals surface area (Å²) in [5, 5.41) is 2.98. The number of likely N-dealkylation sites (tertiary alicyclic amines) is 1. The molecule has 36 heavy (non-hydrogen) atoms. The van der Waals surface area contributed by atoms with Crippen LogP contribution in [0.4, 0.5) is 0 Å². The summed E-state index contributed by atoms with van der Waals surface area (Å²) < 4.78 is 17.6. The van der Waals surface area contributed by atoms with Crippen LogP contribution in [0.15, 0.2) is 42.5 Å². The molecule has 0 saturated carbocycles. The summed E-state index contributed by atoms with van der Waals surface area (Å²) in [6, 6.07) is 12.4. The number of hydrogen-bond acceptors (Lipinski definition) is 6. The molecular formula is C27H33N3O6. The van der Waals surface area contributed by atoms with Gasteiger partial charge in [-0.15, -0.1) is 0 Å². The van der Waals surface area contributed by atoms with E-state index in [-0.39, 0.29) is 30.7 Å². The third kappa shape index (κ3) is 6.22. The summed E-state index contributed by atoms with van der Waals surface area (Å²) in [6.07, 6.45) is -0.117. The number of rotatable bonds is 4. The maximum absolute atomic E-state index is 13.0. The van der Waals surface area contributed by atoms with Gasteiger partial charge in [0.2, 0.25) is 11.8 Å². The first-order valence-corrected chi connectivity index (χ1v) is 12.2. The molecule has 2 aliphatic heterocycles. The summed E-state index contributed by atoms with van der Waals surface area (Å²) >= 11 is 0. The van der Waals surface area contributed by atoms with Gasteiger partial charge in [-0.25, -0.2) is 0 Å². The van der Waals surface area contributed by atoms with Gasteiger partial charge in [-0.3, -0.25) is 14.4 Å². The molecule has 2 aromatic carbocycles. The van der Waals surface area contributed by atoms with Crippen molar-refractivity contribution < 1.29 is 28.6 Å². The van der Waals surface area contributed by atoms with E-state index >= 15 is 0 Å². The molecule has 4 bridgehead atoms. The van der Waals surface area contributed by atoms with Crippen molar-refractivity contribution in [3.05, 3.63) is 59.2 Å². The van der Waals surface area contributed by atoms with Crippen LogP contribution in [0.25, 0.3) is 0 Å². The number of benzene rings is 2. The van der Waals surface area contributed by atoms with Crippen LogP contribution in [-0.4, -0.2) is 79.6 Å². The van der Waals surface area contributed by atoms with Crippen LogP contribution in [-0.2, 0) is 25.7 Å². The third-order valence-corrected chi connectivity index (χ3v) is 6.38. The summed E-state index contributed by atoms with van der Waals surface area (Å²) in [6.45, 7) is 5.58. The van der Waals surface area contributed by atoms with Crippen molar-refractivity contribution in [1.82, 2.24) is 15.1 Å². The third-order valence-electron chi connectivity index (χ3n) is 6.38. The lowest BCUT2D eigenvalue weighted by Crippen LogP contribution is -2.48. The van der Waals surface area contributed by atoms with Crippen LogP contribution in [0.2, 0.25) is 0 Å². The minimum atomic E-state index is -0.393. The second-order valence-electron chi connectivity index (χ2n) is 9.16. The predicted molar refractivity (Wildman–Crippen MR) is 133 cm³/mol. The zero-order valence-electron chi connectivity index (χ0n) is 21.0. The molecule has 9 nitrogen and oxygen atoms in total. The molecule has 1 fully saturated rings. The smallest absolute Gasteiger partial charge is 0.254 e. The van der Waals surface area contributed by atoms with Gasteiger partial charge in [-0.2, -0.15) is 0 Å². The number of aryl methyl sites for hydroxylation is 1. The van der Waals surface area contributed by atoms with Gasteiger partial charge >= 0.3 is 0 Å². The van der Waals surface area contributed by atoms with E-state index in [1.807, 2.05) is 44.2 Å². The minimum absolute atomic E-state index is 0.0444. The van der Waals surface area contributed by atoms with Gasteiger partial charge in [0.15, 0.2) is 0 Å². The molecule has 2 aromatic rings. The zero-order valence-corrected chi connectivity index (χ0v) is 21.0. The molecule has 1 N–H and O–H groups in total. The predicted octanol–water partition coefficient (Wildman–Crippen LogP) is 2.51. The van der Waals surface area contributed by atoms with Crippen LogP contribution in [0.3, 0.4) is 0 Å². The molecule has 2 aliphatic rings. The van der Waals surface area contributed by atoms with E-state index in [2.05, 4.69) is 5.32 Å². The summed E-state index contributed by atoms with van der Waals surface area (Å²) in [5.41, 5.74) is 2.22. The maximum atomic E-state index is 13.0. The SMILES string of the molecule is CCOCCC(=O)N1C[C@@H]2NC(=O)CN(C)C(=O)c3ccc(C)c(c3)Oc3cccc(c3)CO[C@H]2C1. The lowest BCUT2D eigenvalue weighted by molar-refractivity contribution is -0.132. The average molecular weight is 496 g/mol. The van der Waals surface area contributed by atoms with Crippen molar-refractivity contribution in [2.24, 2.45) is 0 Å². The second-order valence-corrected chi connectivity index (χ2v) is 9.16. The Kier molecular flexibility index (Phi) is 8.22. The Morgan fingerprint density at radius 3 is 2.81 bits per heavy atom. The Balaban J connectivity index is 1.58. The Morgan fingerprint density at radius 1 is 1.17 bits per heavy atom. The fourth-order valence-corrected chi connectivity index (χ4v) is 4.38. The largest absolute Gasteiger partial charge is 0.457 e. The monoisotopic (exact) mass is 495 g/mol. The van der Waals surface area contributed by atoms with Gasteiger partial charge in [0.05, 0.1) is 38.3 Å². The lowest BCUT2D eigenvalue weighted by atomic mass is 10.1. The quantitative estimate of drug-likeness (QED) is 0.655. The van der Waals surface area contributed by atoms with Crippen LogP contribution < -0.4 is 10.1 Å². The number of likely N-dealkylation sites (N-methyl/N-ethyl adjacent to an activating group) is 1. The van der Waals surface area contributed by atoms with Gasteiger partial charge in [-0.1, -0.05) is 18.2 Å². The highest BCUT2D eigenvalue weighted by Gasteiger charge is 2.37. The van der Waals surface area contributed by atoms with Crippen LogP contribution in [0.5, 0.6) is 11.5 Å². The van der Waals surface area contributed by atoms with Crippen molar-refractivity contribution in [1.29, 1.82) is 0 Å². The summed E-state index contributed by atoms with van der Waals surface area (Å²) in [4.78, 5) is 41.7. The van der Waals surface area contributed by atoms with Crippen molar-refractivity contribution in [2.75, 3.05) is 39.9 Å². The molecule has 2 atom stereocenters. The zero-order chi connectivity index (χ0) is 25.7. The first kappa shape index (κ1) is 25.7. The molecule has 2 heterocycles. The molecule has 0 spiro atoms. The molecule has 3 amide bonds. The van der Waals surface area contributed by atoms with Crippen molar-refractivity contribution in [3.63, 3.8) is 0 Å². The highest BCUT2D eigenvalue weighted by molar-refractivity contribution is 5.96. The number of carbonyl (C=O) groups excluding carboxylic acids is 3. The molecular weight excluding hydrogens is 462 g/mol. The lowest BCUT2D eigenvalue weighted by Gasteiger charge is -2.23. The number of carbonyl (C=O) groups is 3. The Bertz CT molecular complexity index is 1120. The van der Waals surface area contributed by atoms with E-state index in [4.69, 9.17) is 14.2 Å². The average Bonchev–Trinajstić information content (AvgIpc) is 3.26. The van der Waals surface area contributed by atoms with Crippen LogP contribution >= 0.6 is 0 Å². The van der Waals surface area contributed by atoms with E-state index < -0.39 is 12.1 Å². The molecule has 4 rings (SSSR count). The maximum Gasteiger partial charge on any atom is 0.254 e. The van der Waals surface area contributed by atoms with E-state index in [1.165, 1.54) is 4.90 Å². The number of ether oxygens (including phenoxy) is 3. The van der Waals surface area contributed by atoms with E-state index in [0.717, 1.165) is 11.1 Å². The Hall–Kier alpha value is -3.43. The normalized spacial score (nSPS) is 20.5. The number of hydrogen-bond donors (Lipinski definition) is 1. The van der Waals surface area contributed by atoms with E-state index in [0.29, 0.717) is 50.0 Å². The van der Waals surface area contributed by atoms with E-state index in [9.17, 15) is 14.4 Å². The molecule has 0 aromatic heterocycles. The fourth-order valence-electron chi connectivity index (χ4n) is 4.38. The molecule has 0 aliphatic carbocycles. The first-order valence-electron chi connectivity index (χ1n) is 12.2. The molecule has 1 saturated heterocycles. The Labute approximate surface area is 211 Å². The standard InChI is InChI=1S/C27H33N3O6/c1-4-34-11-10-26(32)30-14-22-24(15-30)35-17-19-6-5-7-21(12-19)36-23-13-20(9-8-18(23)2)27(33)29(3)16-25(31)28-22/h5-9,12-13,22,24H,4,10-11,14-17H2,1-3H3,(H,28,31)/t22-,24-/m0/s1. The van der Waals surface area contributed by atoms with Crippen LogP contribution in [0, 0.1) is 6.92 Å². The van der Waals surface area contributed by atoms with Crippen molar-refractivity contribution >= 4 is 17.7 Å². The summed E-state index contributed by atoms with van der Waals surface area (Å²) in [7, 11) is 1.58. The summed E-state index contributed by atoms with van der Waals surface area (Å²) in [5.74, 6) is 0.555. The second kappa shape index (κ2) is 11.5. The van der Waals surface area contributed by atoms with Crippen molar-refractivity contribution in [3.8, 4) is 11.5 Å².